The molecular formula is C21H29N3O3. The molecule has 2 aromatic rings. The molecule has 2 aliphatic heterocycles. The van der Waals surface area contributed by atoms with Crippen molar-refractivity contribution in [3.8, 4) is 0 Å². The van der Waals surface area contributed by atoms with Crippen LogP contribution >= 0.6 is 0 Å². The van der Waals surface area contributed by atoms with Crippen molar-refractivity contribution >= 4 is 22.5 Å². The van der Waals surface area contributed by atoms with Crippen LogP contribution in [-0.2, 0) is 20.8 Å². The van der Waals surface area contributed by atoms with Gasteiger partial charge in [-0.2, -0.15) is 0 Å². The zero-order chi connectivity index (χ0) is 18.5. The van der Waals surface area contributed by atoms with Crippen LogP contribution in [0.2, 0.25) is 0 Å². The van der Waals surface area contributed by atoms with Gasteiger partial charge in [-0.15, -0.1) is 0 Å². The van der Waals surface area contributed by atoms with Gasteiger partial charge in [0.25, 0.3) is 0 Å². The Morgan fingerprint density at radius 3 is 2.85 bits per heavy atom. The van der Waals surface area contributed by atoms with Gasteiger partial charge in [0.2, 0.25) is 5.91 Å². The first-order chi connectivity index (χ1) is 13.3. The van der Waals surface area contributed by atoms with Crippen LogP contribution in [0, 0.1) is 0 Å². The van der Waals surface area contributed by atoms with Crippen molar-refractivity contribution in [1.82, 2.24) is 9.47 Å². The van der Waals surface area contributed by atoms with Crippen LogP contribution in [0.15, 0.2) is 30.5 Å². The van der Waals surface area contributed by atoms with Gasteiger partial charge in [0.05, 0.1) is 19.3 Å². The molecule has 3 heterocycles. The van der Waals surface area contributed by atoms with Crippen LogP contribution in [0.5, 0.6) is 0 Å². The second-order valence-corrected chi connectivity index (χ2v) is 7.46. The van der Waals surface area contributed by atoms with Crippen molar-refractivity contribution in [2.75, 3.05) is 44.8 Å². The number of amides is 1. The third-order valence-corrected chi connectivity index (χ3v) is 5.53. The average molecular weight is 371 g/mol. The lowest BCUT2D eigenvalue weighted by Gasteiger charge is -2.26. The highest BCUT2D eigenvalue weighted by molar-refractivity contribution is 5.93. The Morgan fingerprint density at radius 2 is 2.04 bits per heavy atom. The first-order valence-electron chi connectivity index (χ1n) is 10.1. The molecule has 1 atom stereocenters. The fraction of sp³-hybridized carbons (Fsp3) is 0.571. The van der Waals surface area contributed by atoms with E-state index in [2.05, 4.69) is 39.2 Å². The summed E-state index contributed by atoms with van der Waals surface area (Å²) in [5, 5.41) is 4.19. The SMILES string of the molecule is O=C(CCC1CCCO1)Nc1ccc2c(ccn2CCN2CCOCC2)c1. The Kier molecular flexibility index (Phi) is 6.07. The number of carbonyl (C=O) groups is 1. The van der Waals surface area contributed by atoms with Crippen molar-refractivity contribution < 1.29 is 14.3 Å². The van der Waals surface area contributed by atoms with E-state index >= 15 is 0 Å². The Labute approximate surface area is 160 Å². The van der Waals surface area contributed by atoms with Gasteiger partial charge in [0.1, 0.15) is 0 Å². The molecule has 1 N–H and O–H groups in total. The van der Waals surface area contributed by atoms with Gasteiger partial charge in [0, 0.05) is 62.0 Å². The van der Waals surface area contributed by atoms with Crippen molar-refractivity contribution in [1.29, 1.82) is 0 Å². The number of rotatable bonds is 7. The Morgan fingerprint density at radius 1 is 1.15 bits per heavy atom. The lowest BCUT2D eigenvalue weighted by atomic mass is 10.1. The summed E-state index contributed by atoms with van der Waals surface area (Å²) in [6.45, 7) is 6.55. The van der Waals surface area contributed by atoms with Crippen LogP contribution in [0.3, 0.4) is 0 Å². The number of morpholine rings is 1. The van der Waals surface area contributed by atoms with Gasteiger partial charge in [-0.25, -0.2) is 0 Å². The first-order valence-corrected chi connectivity index (χ1v) is 10.1. The molecule has 4 rings (SSSR count). The highest BCUT2D eigenvalue weighted by Gasteiger charge is 2.17. The summed E-state index contributed by atoms with van der Waals surface area (Å²) in [5.41, 5.74) is 2.08. The van der Waals surface area contributed by atoms with E-state index in [1.807, 2.05) is 6.07 Å². The zero-order valence-electron chi connectivity index (χ0n) is 15.9. The third kappa shape index (κ3) is 4.89. The average Bonchev–Trinajstić information content (AvgIpc) is 3.35. The molecule has 1 aromatic heterocycles. The van der Waals surface area contributed by atoms with Crippen LogP contribution in [-0.4, -0.2) is 60.9 Å². The van der Waals surface area contributed by atoms with Crippen molar-refractivity contribution in [2.24, 2.45) is 0 Å². The molecule has 27 heavy (non-hydrogen) atoms. The molecule has 1 unspecified atom stereocenters. The molecule has 2 saturated heterocycles. The monoisotopic (exact) mass is 371 g/mol. The van der Waals surface area contributed by atoms with E-state index in [0.29, 0.717) is 6.42 Å². The van der Waals surface area contributed by atoms with Crippen LogP contribution in [0.25, 0.3) is 10.9 Å². The van der Waals surface area contributed by atoms with Crippen LogP contribution in [0.4, 0.5) is 5.69 Å². The summed E-state index contributed by atoms with van der Waals surface area (Å²) < 4.78 is 13.3. The van der Waals surface area contributed by atoms with Crippen LogP contribution < -0.4 is 5.32 Å². The number of nitrogens with zero attached hydrogens (tertiary/aromatic N) is 2. The van der Waals surface area contributed by atoms with Gasteiger partial charge in [-0.05, 0) is 43.5 Å². The van der Waals surface area contributed by atoms with Gasteiger partial charge >= 0.3 is 0 Å². The second-order valence-electron chi connectivity index (χ2n) is 7.46. The summed E-state index contributed by atoms with van der Waals surface area (Å²) in [6.07, 6.45) is 5.92. The van der Waals surface area contributed by atoms with Crippen molar-refractivity contribution in [2.45, 2.75) is 38.3 Å². The fourth-order valence-electron chi connectivity index (χ4n) is 3.93. The number of ether oxygens (including phenoxy) is 2. The topological polar surface area (TPSA) is 55.7 Å². The molecule has 1 aromatic carbocycles. The van der Waals surface area contributed by atoms with Gasteiger partial charge in [0.15, 0.2) is 0 Å². The third-order valence-electron chi connectivity index (χ3n) is 5.53. The smallest absolute Gasteiger partial charge is 0.224 e. The standard InChI is InChI=1S/C21H29N3O3/c25-21(6-4-19-2-1-13-27-19)22-18-3-5-20-17(16-18)7-8-24(20)10-9-23-11-14-26-15-12-23/h3,5,7-8,16,19H,1-2,4,6,9-15H2,(H,22,25). The lowest BCUT2D eigenvalue weighted by Crippen LogP contribution is -2.38. The highest BCUT2D eigenvalue weighted by atomic mass is 16.5. The molecule has 1 amide bonds. The number of fused-ring (bicyclic) bond motifs is 1. The number of nitrogens with one attached hydrogen (secondary N) is 1. The predicted molar refractivity (Wildman–Crippen MR) is 106 cm³/mol. The Bertz CT molecular complexity index is 761. The number of hydrogen-bond acceptors (Lipinski definition) is 4. The number of aromatic nitrogens is 1. The second kappa shape index (κ2) is 8.87. The lowest BCUT2D eigenvalue weighted by molar-refractivity contribution is -0.116. The normalized spacial score (nSPS) is 21.0. The number of anilines is 1. The zero-order valence-corrected chi connectivity index (χ0v) is 15.9. The molecule has 6 heteroatoms. The van der Waals surface area contributed by atoms with E-state index in [4.69, 9.17) is 9.47 Å². The molecule has 2 fully saturated rings. The van der Waals surface area contributed by atoms with Crippen LogP contribution in [0.1, 0.15) is 25.7 Å². The predicted octanol–water partition coefficient (Wildman–Crippen LogP) is 2.87. The number of hydrogen-bond donors (Lipinski definition) is 1. The molecule has 0 bridgehead atoms. The maximum Gasteiger partial charge on any atom is 0.224 e. The molecular weight excluding hydrogens is 342 g/mol. The minimum Gasteiger partial charge on any atom is -0.379 e. The summed E-state index contributed by atoms with van der Waals surface area (Å²) in [5.74, 6) is 0.0663. The Hall–Kier alpha value is -1.89. The minimum absolute atomic E-state index is 0.0663. The van der Waals surface area contributed by atoms with Crippen molar-refractivity contribution in [3.63, 3.8) is 0 Å². The molecule has 0 aliphatic carbocycles. The molecule has 0 radical (unpaired) electrons. The van der Waals surface area contributed by atoms with Gasteiger partial charge in [-0.3, -0.25) is 9.69 Å². The van der Waals surface area contributed by atoms with Gasteiger partial charge in [-0.1, -0.05) is 0 Å². The summed E-state index contributed by atoms with van der Waals surface area (Å²) in [6, 6.07) is 8.28. The molecule has 2 aliphatic rings. The minimum atomic E-state index is 0.0663. The molecule has 0 spiro atoms. The van der Waals surface area contributed by atoms with E-state index in [-0.39, 0.29) is 12.0 Å². The largest absolute Gasteiger partial charge is 0.379 e. The summed E-state index contributed by atoms with van der Waals surface area (Å²) in [4.78, 5) is 14.6. The Balaban J connectivity index is 1.31. The molecule has 0 saturated carbocycles. The van der Waals surface area contributed by atoms with E-state index in [1.54, 1.807) is 0 Å². The highest BCUT2D eigenvalue weighted by Crippen LogP contribution is 2.22. The van der Waals surface area contributed by atoms with E-state index in [9.17, 15) is 4.79 Å². The number of benzene rings is 1. The first kappa shape index (κ1) is 18.5. The molecule has 6 nitrogen and oxygen atoms in total. The molecule has 146 valence electrons. The van der Waals surface area contributed by atoms with Gasteiger partial charge < -0.3 is 19.4 Å². The quantitative estimate of drug-likeness (QED) is 0.813. The summed E-state index contributed by atoms with van der Waals surface area (Å²) >= 11 is 0. The number of carbonyl (C=O) groups excluding carboxylic acids is 1. The van der Waals surface area contributed by atoms with E-state index in [0.717, 1.165) is 76.3 Å². The maximum atomic E-state index is 12.2. The van der Waals surface area contributed by atoms with Crippen molar-refractivity contribution in [3.05, 3.63) is 30.5 Å². The fourth-order valence-corrected chi connectivity index (χ4v) is 3.93. The van der Waals surface area contributed by atoms with E-state index in [1.165, 1.54) is 5.52 Å². The maximum absolute atomic E-state index is 12.2. The van der Waals surface area contributed by atoms with E-state index < -0.39 is 0 Å². The summed E-state index contributed by atoms with van der Waals surface area (Å²) in [7, 11) is 0.